The molecule has 7 heteroatoms. The van der Waals surface area contributed by atoms with Gasteiger partial charge in [-0.15, -0.1) is 0 Å². The molecule has 1 aliphatic heterocycles. The van der Waals surface area contributed by atoms with Crippen molar-refractivity contribution in [3.63, 3.8) is 0 Å². The molecule has 6 nitrogen and oxygen atoms in total. The van der Waals surface area contributed by atoms with Crippen LogP contribution in [0.3, 0.4) is 0 Å². The molecule has 2 atom stereocenters. The highest BCUT2D eigenvalue weighted by atomic mass is 32.2. The number of furan rings is 1. The molecule has 3 aromatic rings. The minimum absolute atomic E-state index is 0.115. The monoisotopic (exact) mass is 386 g/mol. The number of nitrogens with one attached hydrogen (secondary N) is 1. The number of fused-ring (bicyclic) bond motifs is 3. The molecule has 4 rings (SSSR count). The Morgan fingerprint density at radius 3 is 2.85 bits per heavy atom. The van der Waals surface area contributed by atoms with Gasteiger partial charge in [0.1, 0.15) is 16.9 Å². The number of hydrogen-bond donors (Lipinski definition) is 1. The fourth-order valence-corrected chi connectivity index (χ4v) is 4.57. The predicted molar refractivity (Wildman–Crippen MR) is 108 cm³/mol. The number of nitrogens with zero attached hydrogens (tertiary/aromatic N) is 1. The minimum atomic E-state index is -0.881. The molecule has 1 fully saturated rings. The Balaban J connectivity index is 1.63. The van der Waals surface area contributed by atoms with E-state index in [-0.39, 0.29) is 11.3 Å². The summed E-state index contributed by atoms with van der Waals surface area (Å²) in [6.07, 6.45) is 0.736. The number of amides is 2. The zero-order valence-electron chi connectivity index (χ0n) is 15.4. The molecular formula is C20H22N2O4S. The Morgan fingerprint density at radius 2 is 2.04 bits per heavy atom. The molecule has 1 saturated heterocycles. The Labute approximate surface area is 159 Å². The second kappa shape index (κ2) is 7.23. The van der Waals surface area contributed by atoms with Crippen LogP contribution in [0, 0.1) is 0 Å². The van der Waals surface area contributed by atoms with Gasteiger partial charge in [0.25, 0.3) is 0 Å². The molecule has 142 valence electrons. The number of carbonyl (C=O) groups is 1. The summed E-state index contributed by atoms with van der Waals surface area (Å²) in [5.74, 6) is 1.09. The van der Waals surface area contributed by atoms with Crippen molar-refractivity contribution in [1.29, 1.82) is 0 Å². The van der Waals surface area contributed by atoms with Gasteiger partial charge >= 0.3 is 6.03 Å². The van der Waals surface area contributed by atoms with Crippen molar-refractivity contribution in [1.82, 2.24) is 4.90 Å². The van der Waals surface area contributed by atoms with Crippen molar-refractivity contribution in [3.8, 4) is 5.75 Å². The Morgan fingerprint density at radius 1 is 1.22 bits per heavy atom. The quantitative estimate of drug-likeness (QED) is 0.723. The highest BCUT2D eigenvalue weighted by molar-refractivity contribution is 7.85. The van der Waals surface area contributed by atoms with Crippen LogP contribution in [0.15, 0.2) is 40.8 Å². The lowest BCUT2D eigenvalue weighted by molar-refractivity contribution is 0.215. The Hall–Kier alpha value is -2.54. The number of methoxy groups -OCH3 is 1. The first kappa shape index (κ1) is 17.9. The predicted octanol–water partition coefficient (Wildman–Crippen LogP) is 3.97. The first-order valence-electron chi connectivity index (χ1n) is 8.99. The van der Waals surface area contributed by atoms with E-state index < -0.39 is 10.8 Å². The van der Waals surface area contributed by atoms with Crippen LogP contribution in [-0.2, 0) is 10.8 Å². The molecule has 0 radical (unpaired) electrons. The van der Waals surface area contributed by atoms with Crippen molar-refractivity contribution >= 4 is 44.5 Å². The second-order valence-corrected chi connectivity index (χ2v) is 8.72. The van der Waals surface area contributed by atoms with Gasteiger partial charge in [-0.25, -0.2) is 4.79 Å². The van der Waals surface area contributed by atoms with Gasteiger partial charge in [0.15, 0.2) is 0 Å². The van der Waals surface area contributed by atoms with E-state index in [2.05, 4.69) is 5.32 Å². The maximum atomic E-state index is 12.7. The molecule has 0 bridgehead atoms. The first-order valence-corrected chi connectivity index (χ1v) is 10.4. The number of carbonyl (C=O) groups excluding carboxylic acids is 1. The lowest BCUT2D eigenvalue weighted by Gasteiger charge is -2.21. The summed E-state index contributed by atoms with van der Waals surface area (Å²) in [5, 5.41) is 4.99. The topological polar surface area (TPSA) is 71.8 Å². The van der Waals surface area contributed by atoms with Gasteiger partial charge in [0.05, 0.1) is 12.8 Å². The standard InChI is InChI=1S/C20H22N2O4S/c1-13-7-8-22(9-10-27(13)24)20(23)21-16-12-18-15(11-19(16)25-2)14-5-3-4-6-17(14)26-18/h3-6,11-13H,7-10H2,1-2H3,(H,21,23)/t13-,27+/m0/s1. The molecule has 0 unspecified atom stereocenters. The Bertz CT molecular complexity index is 1030. The average Bonchev–Trinajstić information content (AvgIpc) is 2.94. The maximum Gasteiger partial charge on any atom is 0.321 e. The van der Waals surface area contributed by atoms with E-state index in [4.69, 9.17) is 9.15 Å². The molecule has 2 aromatic carbocycles. The molecule has 0 aliphatic carbocycles. The number of benzene rings is 2. The molecule has 2 amide bonds. The van der Waals surface area contributed by atoms with E-state index >= 15 is 0 Å². The van der Waals surface area contributed by atoms with E-state index in [9.17, 15) is 9.00 Å². The third-order valence-corrected chi connectivity index (χ3v) is 6.76. The molecule has 1 N–H and O–H groups in total. The van der Waals surface area contributed by atoms with Crippen molar-refractivity contribution in [2.24, 2.45) is 0 Å². The van der Waals surface area contributed by atoms with Crippen molar-refractivity contribution < 1.29 is 18.2 Å². The number of rotatable bonds is 2. The molecule has 1 aromatic heterocycles. The van der Waals surface area contributed by atoms with Crippen LogP contribution in [0.4, 0.5) is 10.5 Å². The number of anilines is 1. The van der Waals surface area contributed by atoms with Crippen LogP contribution >= 0.6 is 0 Å². The summed E-state index contributed by atoms with van der Waals surface area (Å²) in [4.78, 5) is 14.5. The van der Waals surface area contributed by atoms with Gasteiger partial charge < -0.3 is 19.4 Å². The number of urea groups is 1. The fourth-order valence-electron chi connectivity index (χ4n) is 3.40. The number of ether oxygens (including phenoxy) is 1. The van der Waals surface area contributed by atoms with Crippen molar-refractivity contribution in [2.45, 2.75) is 18.6 Å². The minimum Gasteiger partial charge on any atom is -0.495 e. The summed E-state index contributed by atoms with van der Waals surface area (Å²) in [6.45, 7) is 3.04. The molecule has 0 spiro atoms. The van der Waals surface area contributed by atoms with E-state index in [0.717, 1.165) is 22.8 Å². The average molecular weight is 386 g/mol. The van der Waals surface area contributed by atoms with E-state index in [1.165, 1.54) is 0 Å². The van der Waals surface area contributed by atoms with E-state index in [0.29, 0.717) is 35.9 Å². The second-order valence-electron chi connectivity index (χ2n) is 6.75. The zero-order chi connectivity index (χ0) is 19.0. The summed E-state index contributed by atoms with van der Waals surface area (Å²) < 4.78 is 23.4. The van der Waals surface area contributed by atoms with Crippen LogP contribution < -0.4 is 10.1 Å². The van der Waals surface area contributed by atoms with E-state index in [1.807, 2.05) is 37.3 Å². The molecule has 0 saturated carbocycles. The molecule has 27 heavy (non-hydrogen) atoms. The van der Waals surface area contributed by atoms with Gasteiger partial charge in [-0.1, -0.05) is 25.1 Å². The first-order chi connectivity index (χ1) is 13.1. The number of hydrogen-bond acceptors (Lipinski definition) is 4. The third-order valence-electron chi connectivity index (χ3n) is 5.04. The lowest BCUT2D eigenvalue weighted by atomic mass is 10.1. The normalized spacial score (nSPS) is 20.6. The summed E-state index contributed by atoms with van der Waals surface area (Å²) in [6, 6.07) is 11.3. The van der Waals surface area contributed by atoms with Crippen molar-refractivity contribution in [3.05, 3.63) is 36.4 Å². The molecular weight excluding hydrogens is 364 g/mol. The lowest BCUT2D eigenvalue weighted by Crippen LogP contribution is -2.36. The SMILES string of the molecule is COc1cc2c(cc1NC(=O)N1CC[C@H](C)[S@](=O)CC1)oc1ccccc12. The summed E-state index contributed by atoms with van der Waals surface area (Å²) >= 11 is 0. The maximum absolute atomic E-state index is 12.7. The van der Waals surface area contributed by atoms with Gasteiger partial charge in [0.2, 0.25) is 0 Å². The Kier molecular flexibility index (Phi) is 4.78. The third kappa shape index (κ3) is 3.39. The zero-order valence-corrected chi connectivity index (χ0v) is 16.2. The highest BCUT2D eigenvalue weighted by Crippen LogP contribution is 2.36. The van der Waals surface area contributed by atoms with Crippen LogP contribution in [0.5, 0.6) is 5.75 Å². The molecule has 1 aliphatic rings. The highest BCUT2D eigenvalue weighted by Gasteiger charge is 2.23. The smallest absolute Gasteiger partial charge is 0.321 e. The van der Waals surface area contributed by atoms with Crippen LogP contribution in [-0.4, -0.2) is 46.3 Å². The van der Waals surface area contributed by atoms with Crippen LogP contribution in [0.25, 0.3) is 21.9 Å². The van der Waals surface area contributed by atoms with Gasteiger partial charge in [-0.05, 0) is 18.6 Å². The summed E-state index contributed by atoms with van der Waals surface area (Å²) in [5.41, 5.74) is 2.05. The largest absolute Gasteiger partial charge is 0.495 e. The van der Waals surface area contributed by atoms with Crippen molar-refractivity contribution in [2.75, 3.05) is 31.3 Å². The van der Waals surface area contributed by atoms with Crippen LogP contribution in [0.1, 0.15) is 13.3 Å². The number of para-hydroxylation sites is 1. The fraction of sp³-hybridized carbons (Fsp3) is 0.350. The summed E-state index contributed by atoms with van der Waals surface area (Å²) in [7, 11) is 0.698. The van der Waals surface area contributed by atoms with Gasteiger partial charge in [-0.2, -0.15) is 0 Å². The van der Waals surface area contributed by atoms with Gasteiger partial charge in [0, 0.05) is 51.7 Å². The van der Waals surface area contributed by atoms with Gasteiger partial charge in [-0.3, -0.25) is 4.21 Å². The molecule has 2 heterocycles. The van der Waals surface area contributed by atoms with Crippen LogP contribution in [0.2, 0.25) is 0 Å². The van der Waals surface area contributed by atoms with E-state index in [1.54, 1.807) is 18.1 Å².